The summed E-state index contributed by atoms with van der Waals surface area (Å²) in [4.78, 5) is 4.78. The van der Waals surface area contributed by atoms with Crippen LogP contribution in [0.3, 0.4) is 0 Å². The molecule has 112 valence electrons. The predicted molar refractivity (Wildman–Crippen MR) is 86.3 cm³/mol. The van der Waals surface area contributed by atoms with Crippen LogP contribution in [0, 0.1) is 0 Å². The number of hydrogen-bond donors (Lipinski definition) is 1. The standard InChI is InChI=1S/C17H22N2OS/c1-17(9-5-6-10-20-17)16-19-14(12-21-16)11-15(18)13-7-3-2-4-8-13/h2-4,7-8,12,15H,5-6,9-11,18H2,1H3. The van der Waals surface area contributed by atoms with Crippen molar-refractivity contribution >= 4 is 11.3 Å². The van der Waals surface area contributed by atoms with Gasteiger partial charge in [0.2, 0.25) is 0 Å². The molecule has 0 spiro atoms. The van der Waals surface area contributed by atoms with Crippen LogP contribution in [0.15, 0.2) is 35.7 Å². The molecule has 3 rings (SSSR count). The van der Waals surface area contributed by atoms with E-state index >= 15 is 0 Å². The summed E-state index contributed by atoms with van der Waals surface area (Å²) >= 11 is 1.70. The van der Waals surface area contributed by atoms with Crippen molar-refractivity contribution < 1.29 is 4.74 Å². The minimum atomic E-state index is -0.196. The summed E-state index contributed by atoms with van der Waals surface area (Å²) in [5.74, 6) is 0. The van der Waals surface area contributed by atoms with Gasteiger partial charge in [0.25, 0.3) is 0 Å². The third kappa shape index (κ3) is 3.34. The Labute approximate surface area is 130 Å². The number of aromatic nitrogens is 1. The normalized spacial score (nSPS) is 23.9. The van der Waals surface area contributed by atoms with Crippen molar-refractivity contribution in [2.75, 3.05) is 6.61 Å². The number of benzene rings is 1. The fraction of sp³-hybridized carbons (Fsp3) is 0.471. The monoisotopic (exact) mass is 302 g/mol. The Morgan fingerprint density at radius 3 is 2.86 bits per heavy atom. The molecule has 1 aliphatic rings. The van der Waals surface area contributed by atoms with Gasteiger partial charge in [-0.05, 0) is 31.7 Å². The van der Waals surface area contributed by atoms with Crippen LogP contribution >= 0.6 is 11.3 Å². The Morgan fingerprint density at radius 1 is 1.33 bits per heavy atom. The van der Waals surface area contributed by atoms with Crippen LogP contribution in [-0.2, 0) is 16.8 Å². The van der Waals surface area contributed by atoms with Crippen molar-refractivity contribution in [3.05, 3.63) is 52.0 Å². The molecule has 1 fully saturated rings. The molecule has 2 heterocycles. The van der Waals surface area contributed by atoms with Gasteiger partial charge in [-0.2, -0.15) is 0 Å². The average Bonchev–Trinajstić information content (AvgIpc) is 2.98. The van der Waals surface area contributed by atoms with Crippen molar-refractivity contribution in [2.45, 2.75) is 44.2 Å². The van der Waals surface area contributed by atoms with Crippen LogP contribution in [0.25, 0.3) is 0 Å². The highest BCUT2D eigenvalue weighted by Crippen LogP contribution is 2.36. The molecule has 4 heteroatoms. The first-order valence-corrected chi connectivity index (χ1v) is 8.45. The van der Waals surface area contributed by atoms with Crippen LogP contribution in [0.5, 0.6) is 0 Å². The van der Waals surface area contributed by atoms with Gasteiger partial charge in [-0.15, -0.1) is 11.3 Å². The van der Waals surface area contributed by atoms with Gasteiger partial charge in [0.1, 0.15) is 10.6 Å². The Kier molecular flexibility index (Phi) is 4.38. The highest BCUT2D eigenvalue weighted by molar-refractivity contribution is 7.09. The number of nitrogens with two attached hydrogens (primary N) is 1. The topological polar surface area (TPSA) is 48.1 Å². The molecular formula is C17H22N2OS. The molecule has 1 aromatic heterocycles. The van der Waals surface area contributed by atoms with Gasteiger partial charge in [-0.25, -0.2) is 4.98 Å². The van der Waals surface area contributed by atoms with Crippen LogP contribution in [0.1, 0.15) is 48.5 Å². The van der Waals surface area contributed by atoms with E-state index in [9.17, 15) is 0 Å². The fourth-order valence-electron chi connectivity index (χ4n) is 2.79. The summed E-state index contributed by atoms with van der Waals surface area (Å²) in [7, 11) is 0. The van der Waals surface area contributed by atoms with E-state index in [1.54, 1.807) is 11.3 Å². The van der Waals surface area contributed by atoms with Crippen LogP contribution in [0.2, 0.25) is 0 Å². The Hall–Kier alpha value is -1.23. The van der Waals surface area contributed by atoms with Crippen molar-refractivity contribution in [1.82, 2.24) is 4.98 Å². The van der Waals surface area contributed by atoms with E-state index in [4.69, 9.17) is 15.5 Å². The van der Waals surface area contributed by atoms with E-state index in [1.807, 2.05) is 18.2 Å². The summed E-state index contributed by atoms with van der Waals surface area (Å²) in [6.07, 6.45) is 4.21. The molecule has 0 bridgehead atoms. The smallest absolute Gasteiger partial charge is 0.125 e. The maximum absolute atomic E-state index is 6.28. The molecule has 2 aromatic rings. The van der Waals surface area contributed by atoms with Crippen LogP contribution < -0.4 is 5.73 Å². The zero-order valence-corrected chi connectivity index (χ0v) is 13.2. The maximum Gasteiger partial charge on any atom is 0.125 e. The Balaban J connectivity index is 1.70. The number of thiazole rings is 1. The molecule has 0 radical (unpaired) electrons. The highest BCUT2D eigenvalue weighted by Gasteiger charge is 2.33. The second-order valence-corrected chi connectivity index (χ2v) is 6.76. The number of ether oxygens (including phenoxy) is 1. The van der Waals surface area contributed by atoms with E-state index in [2.05, 4.69) is 24.4 Å². The molecule has 2 unspecified atom stereocenters. The first kappa shape index (κ1) is 14.7. The summed E-state index contributed by atoms with van der Waals surface area (Å²) < 4.78 is 5.97. The van der Waals surface area contributed by atoms with Gasteiger partial charge in [0.15, 0.2) is 0 Å². The van der Waals surface area contributed by atoms with Crippen LogP contribution in [-0.4, -0.2) is 11.6 Å². The third-order valence-corrected chi connectivity index (χ3v) is 5.27. The van der Waals surface area contributed by atoms with E-state index in [1.165, 1.54) is 6.42 Å². The minimum absolute atomic E-state index is 0.00114. The quantitative estimate of drug-likeness (QED) is 0.934. The molecule has 2 N–H and O–H groups in total. The lowest BCUT2D eigenvalue weighted by Gasteiger charge is -2.31. The van der Waals surface area contributed by atoms with E-state index in [0.29, 0.717) is 0 Å². The van der Waals surface area contributed by atoms with Gasteiger partial charge >= 0.3 is 0 Å². The zero-order valence-electron chi connectivity index (χ0n) is 12.4. The van der Waals surface area contributed by atoms with Gasteiger partial charge in [-0.1, -0.05) is 30.3 Å². The second kappa shape index (κ2) is 6.26. The lowest BCUT2D eigenvalue weighted by atomic mass is 9.97. The molecular weight excluding hydrogens is 280 g/mol. The minimum Gasteiger partial charge on any atom is -0.368 e. The number of rotatable bonds is 4. The molecule has 0 aliphatic carbocycles. The first-order valence-electron chi connectivity index (χ1n) is 7.57. The molecule has 0 saturated carbocycles. The molecule has 3 nitrogen and oxygen atoms in total. The molecule has 21 heavy (non-hydrogen) atoms. The summed E-state index contributed by atoms with van der Waals surface area (Å²) in [6.45, 7) is 3.00. The molecule has 2 atom stereocenters. The average molecular weight is 302 g/mol. The van der Waals surface area contributed by atoms with E-state index in [0.717, 1.165) is 42.1 Å². The van der Waals surface area contributed by atoms with Crippen molar-refractivity contribution in [3.8, 4) is 0 Å². The summed E-state index contributed by atoms with van der Waals surface area (Å²) in [5.41, 5.74) is 8.32. The number of hydrogen-bond acceptors (Lipinski definition) is 4. The molecule has 1 aliphatic heterocycles. The maximum atomic E-state index is 6.28. The third-order valence-electron chi connectivity index (χ3n) is 4.13. The molecule has 1 aromatic carbocycles. The lowest BCUT2D eigenvalue weighted by molar-refractivity contribution is -0.0702. The van der Waals surface area contributed by atoms with Gasteiger partial charge < -0.3 is 10.5 Å². The second-order valence-electron chi connectivity index (χ2n) is 5.90. The summed E-state index contributed by atoms with van der Waals surface area (Å²) in [5, 5.41) is 3.22. The van der Waals surface area contributed by atoms with E-state index in [-0.39, 0.29) is 11.6 Å². The predicted octanol–water partition coefficient (Wildman–Crippen LogP) is 3.80. The SMILES string of the molecule is CC1(c2nc(CC(N)c3ccccc3)cs2)CCCCO1. The molecule has 1 saturated heterocycles. The zero-order chi connectivity index (χ0) is 14.7. The molecule has 0 amide bonds. The lowest BCUT2D eigenvalue weighted by Crippen LogP contribution is -2.30. The Morgan fingerprint density at radius 2 is 2.14 bits per heavy atom. The van der Waals surface area contributed by atoms with E-state index < -0.39 is 0 Å². The fourth-order valence-corrected chi connectivity index (χ4v) is 3.77. The Bertz CT molecular complexity index is 575. The van der Waals surface area contributed by atoms with Crippen LogP contribution in [0.4, 0.5) is 0 Å². The van der Waals surface area contributed by atoms with Gasteiger partial charge in [0, 0.05) is 24.4 Å². The van der Waals surface area contributed by atoms with Gasteiger partial charge in [0.05, 0.1) is 5.69 Å². The van der Waals surface area contributed by atoms with Crippen molar-refractivity contribution in [1.29, 1.82) is 0 Å². The van der Waals surface area contributed by atoms with Crippen molar-refractivity contribution in [2.24, 2.45) is 5.73 Å². The van der Waals surface area contributed by atoms with Crippen molar-refractivity contribution in [3.63, 3.8) is 0 Å². The van der Waals surface area contributed by atoms with Gasteiger partial charge in [-0.3, -0.25) is 0 Å². The first-order chi connectivity index (χ1) is 10.2. The number of nitrogens with zero attached hydrogens (tertiary/aromatic N) is 1. The summed E-state index contributed by atoms with van der Waals surface area (Å²) in [6, 6.07) is 10.2. The highest BCUT2D eigenvalue weighted by atomic mass is 32.1. The largest absolute Gasteiger partial charge is 0.368 e.